The van der Waals surface area contributed by atoms with Crippen LogP contribution in [-0.2, 0) is 0 Å². The summed E-state index contributed by atoms with van der Waals surface area (Å²) in [7, 11) is 2.10. The summed E-state index contributed by atoms with van der Waals surface area (Å²) in [5.41, 5.74) is 1.84. The molecule has 0 spiro atoms. The number of aromatic nitrogens is 4. The first-order valence-electron chi connectivity index (χ1n) is 10.8. The molecule has 32 heavy (non-hydrogen) atoms. The van der Waals surface area contributed by atoms with E-state index in [1.807, 2.05) is 62.4 Å². The predicted octanol–water partition coefficient (Wildman–Crippen LogP) is 4.04. The van der Waals surface area contributed by atoms with E-state index in [4.69, 9.17) is 0 Å². The first kappa shape index (κ1) is 21.5. The van der Waals surface area contributed by atoms with E-state index in [0.717, 1.165) is 36.4 Å². The first-order valence-corrected chi connectivity index (χ1v) is 10.8. The van der Waals surface area contributed by atoms with Crippen molar-refractivity contribution in [1.29, 1.82) is 0 Å². The van der Waals surface area contributed by atoms with Crippen molar-refractivity contribution in [2.24, 2.45) is 0 Å². The smallest absolute Gasteiger partial charge is 0.275 e. The van der Waals surface area contributed by atoms with Gasteiger partial charge in [-0.25, -0.2) is 14.6 Å². The fourth-order valence-corrected chi connectivity index (χ4v) is 3.75. The maximum absolute atomic E-state index is 12.9. The molecule has 4 rings (SSSR count). The molecule has 0 saturated heterocycles. The lowest BCUT2D eigenvalue weighted by molar-refractivity contribution is 0.523. The van der Waals surface area contributed by atoms with Crippen molar-refractivity contribution in [3.05, 3.63) is 88.7 Å². The van der Waals surface area contributed by atoms with Crippen LogP contribution >= 0.6 is 0 Å². The molecular weight excluding hydrogens is 400 g/mol. The molecule has 1 atom stereocenters. The average molecular weight is 429 g/mol. The third kappa shape index (κ3) is 4.77. The lowest BCUT2D eigenvalue weighted by Crippen LogP contribution is -2.27. The molecule has 1 N–H and O–H groups in total. The zero-order valence-corrected chi connectivity index (χ0v) is 18.7. The Kier molecular flexibility index (Phi) is 6.44. The van der Waals surface area contributed by atoms with Gasteiger partial charge in [-0.05, 0) is 38.5 Å². The molecular formula is C25H28N6O. The first-order chi connectivity index (χ1) is 15.5. The Balaban J connectivity index is 1.44. The summed E-state index contributed by atoms with van der Waals surface area (Å²) in [4.78, 5) is 24.3. The second kappa shape index (κ2) is 9.60. The summed E-state index contributed by atoms with van der Waals surface area (Å²) in [6.07, 6.45) is 2.69. The van der Waals surface area contributed by atoms with Crippen molar-refractivity contribution in [2.45, 2.75) is 26.3 Å². The number of fused-ring (bicyclic) bond motifs is 1. The SMILES string of the molecule is Cc1nc(NCCCN(C)c2ccccc2)cc([C@@H](C)n2ncc3ccccc3c2=O)n1. The van der Waals surface area contributed by atoms with Gasteiger partial charge in [0.05, 0.1) is 23.3 Å². The van der Waals surface area contributed by atoms with Gasteiger partial charge in [-0.3, -0.25) is 4.79 Å². The number of nitrogens with zero attached hydrogens (tertiary/aromatic N) is 5. The van der Waals surface area contributed by atoms with Gasteiger partial charge < -0.3 is 10.2 Å². The van der Waals surface area contributed by atoms with Crippen molar-refractivity contribution in [2.75, 3.05) is 30.4 Å². The molecule has 0 aliphatic heterocycles. The van der Waals surface area contributed by atoms with Crippen LogP contribution in [0.15, 0.2) is 71.7 Å². The van der Waals surface area contributed by atoms with Crippen LogP contribution in [0.25, 0.3) is 10.8 Å². The third-order valence-electron chi connectivity index (χ3n) is 5.55. The molecule has 0 bridgehead atoms. The van der Waals surface area contributed by atoms with Crippen LogP contribution in [0.1, 0.15) is 30.9 Å². The monoisotopic (exact) mass is 428 g/mol. The van der Waals surface area contributed by atoms with E-state index < -0.39 is 0 Å². The van der Waals surface area contributed by atoms with Gasteiger partial charge in [0.1, 0.15) is 11.6 Å². The van der Waals surface area contributed by atoms with Crippen LogP contribution in [0.5, 0.6) is 0 Å². The molecule has 0 amide bonds. The Labute approximate surface area is 187 Å². The summed E-state index contributed by atoms with van der Waals surface area (Å²) in [6.45, 7) is 5.51. The number of para-hydroxylation sites is 1. The van der Waals surface area contributed by atoms with Crippen molar-refractivity contribution in [3.63, 3.8) is 0 Å². The second-order valence-corrected chi connectivity index (χ2v) is 7.92. The normalized spacial score (nSPS) is 12.0. The molecule has 7 heteroatoms. The zero-order chi connectivity index (χ0) is 22.5. The Bertz CT molecular complexity index is 1250. The summed E-state index contributed by atoms with van der Waals surface area (Å²) in [6, 6.07) is 19.4. The van der Waals surface area contributed by atoms with Gasteiger partial charge in [-0.2, -0.15) is 5.10 Å². The Morgan fingerprint density at radius 3 is 2.62 bits per heavy atom. The minimum atomic E-state index is -0.307. The highest BCUT2D eigenvalue weighted by atomic mass is 16.1. The van der Waals surface area contributed by atoms with Crippen LogP contribution in [0.4, 0.5) is 11.5 Å². The second-order valence-electron chi connectivity index (χ2n) is 7.92. The van der Waals surface area contributed by atoms with E-state index in [0.29, 0.717) is 11.2 Å². The summed E-state index contributed by atoms with van der Waals surface area (Å²) in [5, 5.41) is 9.27. The lowest BCUT2D eigenvalue weighted by atomic mass is 10.2. The maximum Gasteiger partial charge on any atom is 0.275 e. The zero-order valence-electron chi connectivity index (χ0n) is 18.7. The van der Waals surface area contributed by atoms with Crippen LogP contribution in [-0.4, -0.2) is 39.9 Å². The average Bonchev–Trinajstić information content (AvgIpc) is 2.82. The van der Waals surface area contributed by atoms with E-state index in [2.05, 4.69) is 44.5 Å². The molecule has 2 heterocycles. The molecule has 4 aromatic rings. The molecule has 7 nitrogen and oxygen atoms in total. The van der Waals surface area contributed by atoms with Gasteiger partial charge in [0.15, 0.2) is 0 Å². The van der Waals surface area contributed by atoms with Crippen molar-refractivity contribution < 1.29 is 0 Å². The Hall–Kier alpha value is -3.74. The number of nitrogens with one attached hydrogen (secondary N) is 1. The summed E-state index contributed by atoms with van der Waals surface area (Å²) >= 11 is 0. The number of anilines is 2. The van der Waals surface area contributed by atoms with E-state index in [1.54, 1.807) is 6.20 Å². The van der Waals surface area contributed by atoms with Crippen molar-refractivity contribution >= 4 is 22.3 Å². The van der Waals surface area contributed by atoms with Gasteiger partial charge >= 0.3 is 0 Å². The minimum Gasteiger partial charge on any atom is -0.375 e. The molecule has 2 aromatic heterocycles. The van der Waals surface area contributed by atoms with E-state index in [1.165, 1.54) is 10.4 Å². The van der Waals surface area contributed by atoms with Crippen LogP contribution in [0, 0.1) is 6.92 Å². The van der Waals surface area contributed by atoms with Crippen molar-refractivity contribution in [1.82, 2.24) is 19.7 Å². The molecule has 2 aromatic carbocycles. The summed E-state index contributed by atoms with van der Waals surface area (Å²) in [5.74, 6) is 1.42. The quantitative estimate of drug-likeness (QED) is 0.427. The van der Waals surface area contributed by atoms with Gasteiger partial charge in [0.25, 0.3) is 5.56 Å². The molecule has 164 valence electrons. The predicted molar refractivity (Wildman–Crippen MR) is 129 cm³/mol. The lowest BCUT2D eigenvalue weighted by Gasteiger charge is -2.19. The van der Waals surface area contributed by atoms with Gasteiger partial charge in [0, 0.05) is 37.3 Å². The van der Waals surface area contributed by atoms with Crippen molar-refractivity contribution in [3.8, 4) is 0 Å². The number of aryl methyl sites for hydroxylation is 1. The third-order valence-corrected chi connectivity index (χ3v) is 5.55. The number of hydrogen-bond donors (Lipinski definition) is 1. The molecule has 0 unspecified atom stereocenters. The van der Waals surface area contributed by atoms with E-state index in [-0.39, 0.29) is 11.6 Å². The van der Waals surface area contributed by atoms with Gasteiger partial charge in [-0.1, -0.05) is 36.4 Å². The number of rotatable bonds is 8. The molecule has 0 radical (unpaired) electrons. The van der Waals surface area contributed by atoms with Crippen LogP contribution in [0.3, 0.4) is 0 Å². The topological polar surface area (TPSA) is 75.9 Å². The molecule has 0 saturated carbocycles. The standard InChI is InChI=1S/C25H28N6O/c1-18(31-25(32)22-13-8-7-10-20(22)17-27-31)23-16-24(29-19(2)28-23)26-14-9-15-30(3)21-11-5-4-6-12-21/h4-8,10-13,16-18H,9,14-15H2,1-3H3,(H,26,28,29)/t18-/m1/s1. The highest BCUT2D eigenvalue weighted by molar-refractivity contribution is 5.80. The molecule has 0 fully saturated rings. The number of hydrogen-bond acceptors (Lipinski definition) is 6. The van der Waals surface area contributed by atoms with Gasteiger partial charge in [0.2, 0.25) is 0 Å². The van der Waals surface area contributed by atoms with E-state index in [9.17, 15) is 4.79 Å². The Morgan fingerprint density at radius 1 is 1.06 bits per heavy atom. The van der Waals surface area contributed by atoms with Crippen LogP contribution in [0.2, 0.25) is 0 Å². The van der Waals surface area contributed by atoms with Gasteiger partial charge in [-0.15, -0.1) is 0 Å². The fourth-order valence-electron chi connectivity index (χ4n) is 3.75. The summed E-state index contributed by atoms with van der Waals surface area (Å²) < 4.78 is 1.49. The minimum absolute atomic E-state index is 0.120. The van der Waals surface area contributed by atoms with E-state index >= 15 is 0 Å². The number of benzene rings is 2. The van der Waals surface area contributed by atoms with Crippen LogP contribution < -0.4 is 15.8 Å². The highest BCUT2D eigenvalue weighted by Crippen LogP contribution is 2.18. The maximum atomic E-state index is 12.9. The highest BCUT2D eigenvalue weighted by Gasteiger charge is 2.16. The molecule has 0 aliphatic carbocycles. The fraction of sp³-hybridized carbons (Fsp3) is 0.280. The molecule has 0 aliphatic rings. The largest absolute Gasteiger partial charge is 0.375 e. The Morgan fingerprint density at radius 2 is 1.81 bits per heavy atom.